The van der Waals surface area contributed by atoms with Gasteiger partial charge in [-0.25, -0.2) is 9.67 Å². The number of hydrogen-bond acceptors (Lipinski definition) is 4. The lowest BCUT2D eigenvalue weighted by Gasteiger charge is -2.40. The zero-order chi connectivity index (χ0) is 17.9. The molecule has 0 amide bonds. The number of likely N-dealkylation sites (N-methyl/N-ethyl adjacent to an activating group) is 1. The third kappa shape index (κ3) is 2.20. The third-order valence-corrected chi connectivity index (χ3v) is 6.75. The summed E-state index contributed by atoms with van der Waals surface area (Å²) in [6.45, 7) is 1.06. The third-order valence-electron chi connectivity index (χ3n) is 6.10. The van der Waals surface area contributed by atoms with Gasteiger partial charge in [0.15, 0.2) is 0 Å². The highest BCUT2D eigenvalue weighted by molar-refractivity contribution is 6.40. The number of aliphatic imine (C=N–C) groups is 1. The van der Waals surface area contributed by atoms with Crippen LogP contribution in [0.5, 0.6) is 0 Å². The number of nitrogens with one attached hydrogen (secondary N) is 2. The molecule has 2 aromatic rings. The van der Waals surface area contributed by atoms with E-state index in [9.17, 15) is 0 Å². The summed E-state index contributed by atoms with van der Waals surface area (Å²) in [4.78, 5) is 4.82. The van der Waals surface area contributed by atoms with Crippen LogP contribution in [0, 0.1) is 0 Å². The lowest BCUT2D eigenvalue weighted by molar-refractivity contribution is 0.341. The molecule has 1 saturated heterocycles. The van der Waals surface area contributed by atoms with E-state index in [2.05, 4.69) is 15.7 Å². The van der Waals surface area contributed by atoms with E-state index in [-0.39, 0.29) is 5.41 Å². The van der Waals surface area contributed by atoms with Gasteiger partial charge in [-0.3, -0.25) is 0 Å². The van der Waals surface area contributed by atoms with Gasteiger partial charge in [-0.1, -0.05) is 29.6 Å². The summed E-state index contributed by atoms with van der Waals surface area (Å²) in [6, 6.07) is 2.41. The van der Waals surface area contributed by atoms with Crippen molar-refractivity contribution >= 4 is 34.7 Å². The molecule has 5 rings (SSSR count). The Bertz CT molecular complexity index is 907. The van der Waals surface area contributed by atoms with Crippen LogP contribution >= 0.6 is 23.2 Å². The average Bonchev–Trinajstić information content (AvgIpc) is 3.31. The van der Waals surface area contributed by atoms with Crippen LogP contribution in [-0.4, -0.2) is 29.2 Å². The second-order valence-electron chi connectivity index (χ2n) is 7.43. The molecule has 1 aromatic carbocycles. The van der Waals surface area contributed by atoms with E-state index in [1.54, 1.807) is 4.68 Å². The Labute approximate surface area is 162 Å². The van der Waals surface area contributed by atoms with Gasteiger partial charge in [-0.05, 0) is 43.9 Å². The molecule has 1 atom stereocenters. The van der Waals surface area contributed by atoms with Gasteiger partial charge in [0.2, 0.25) is 0 Å². The number of hydrogen-bond donors (Lipinski definition) is 2. The fourth-order valence-corrected chi connectivity index (χ4v) is 5.24. The summed E-state index contributed by atoms with van der Waals surface area (Å²) < 4.78 is 1.79. The van der Waals surface area contributed by atoms with Crippen molar-refractivity contribution in [2.45, 2.75) is 43.6 Å². The summed E-state index contributed by atoms with van der Waals surface area (Å²) in [7, 11) is 1.93. The van der Waals surface area contributed by atoms with E-state index in [0.29, 0.717) is 21.8 Å². The van der Waals surface area contributed by atoms with Crippen molar-refractivity contribution in [2.24, 2.45) is 4.99 Å². The van der Waals surface area contributed by atoms with Gasteiger partial charge in [0.05, 0.1) is 27.3 Å². The fraction of sp³-hybridized carbons (Fsp3) is 0.474. The van der Waals surface area contributed by atoms with Crippen molar-refractivity contribution in [3.05, 3.63) is 39.6 Å². The highest BCUT2D eigenvalue weighted by atomic mass is 35.5. The number of rotatable bonds is 2. The summed E-state index contributed by atoms with van der Waals surface area (Å²) in [6.07, 6.45) is 9.64. The predicted molar refractivity (Wildman–Crippen MR) is 105 cm³/mol. The standard InChI is InChI=1S/C19H21Cl2N5/c1-22-18-19(5-3-6-19)12-8-13(20)17(15(21)16(12)25-18)26-10-11(9-24-26)14-4-2-7-23-14/h8-10,14,23H,2-7H2,1H3,(H,22,25)/t14-/m1/s1. The maximum absolute atomic E-state index is 6.80. The summed E-state index contributed by atoms with van der Waals surface area (Å²) in [5.74, 6) is 1.00. The molecule has 2 fully saturated rings. The molecule has 1 spiro atoms. The van der Waals surface area contributed by atoms with E-state index < -0.39 is 0 Å². The van der Waals surface area contributed by atoms with Crippen LogP contribution in [0.4, 0.5) is 5.69 Å². The first kappa shape index (κ1) is 16.6. The van der Waals surface area contributed by atoms with Crippen LogP contribution in [-0.2, 0) is 5.41 Å². The van der Waals surface area contributed by atoms with E-state index in [4.69, 9.17) is 28.2 Å². The molecule has 2 aliphatic heterocycles. The van der Waals surface area contributed by atoms with Crippen LogP contribution in [0.2, 0.25) is 10.0 Å². The molecule has 1 aliphatic carbocycles. The monoisotopic (exact) mass is 389 g/mol. The topological polar surface area (TPSA) is 54.2 Å². The van der Waals surface area contributed by atoms with Crippen LogP contribution in [0.1, 0.15) is 49.3 Å². The number of benzene rings is 1. The molecule has 26 heavy (non-hydrogen) atoms. The zero-order valence-corrected chi connectivity index (χ0v) is 16.2. The number of fused-ring (bicyclic) bond motifs is 2. The Morgan fingerprint density at radius 3 is 2.81 bits per heavy atom. The Kier molecular flexibility index (Phi) is 3.82. The minimum absolute atomic E-state index is 0.0288. The molecule has 136 valence electrons. The van der Waals surface area contributed by atoms with Crippen molar-refractivity contribution in [1.82, 2.24) is 20.4 Å². The molecular weight excluding hydrogens is 369 g/mol. The predicted octanol–water partition coefficient (Wildman–Crippen LogP) is 4.29. The molecule has 1 aromatic heterocycles. The Morgan fingerprint density at radius 2 is 2.15 bits per heavy atom. The lowest BCUT2D eigenvalue weighted by Crippen LogP contribution is -2.45. The zero-order valence-electron chi connectivity index (χ0n) is 14.6. The number of amidine groups is 1. The summed E-state index contributed by atoms with van der Waals surface area (Å²) in [5.41, 5.74) is 3.85. The maximum Gasteiger partial charge on any atom is 0.113 e. The first-order chi connectivity index (χ1) is 12.6. The second kappa shape index (κ2) is 5.98. The van der Waals surface area contributed by atoms with Gasteiger partial charge in [-0.15, -0.1) is 0 Å². The lowest BCUT2D eigenvalue weighted by atomic mass is 9.64. The highest BCUT2D eigenvalue weighted by Crippen LogP contribution is 2.56. The molecule has 0 radical (unpaired) electrons. The van der Waals surface area contributed by atoms with Gasteiger partial charge < -0.3 is 10.6 Å². The van der Waals surface area contributed by atoms with Crippen molar-refractivity contribution in [3.8, 4) is 5.69 Å². The smallest absolute Gasteiger partial charge is 0.113 e. The van der Waals surface area contributed by atoms with Gasteiger partial charge in [0.25, 0.3) is 0 Å². The van der Waals surface area contributed by atoms with Crippen LogP contribution in [0.3, 0.4) is 0 Å². The quantitative estimate of drug-likeness (QED) is 0.805. The average molecular weight is 390 g/mol. The SMILES string of the molecule is CNC1=Nc2c(cc(Cl)c(-n3cc([C@H]4CCCN4)cn3)c2Cl)C12CCC2. The summed E-state index contributed by atoms with van der Waals surface area (Å²) in [5, 5.41) is 12.5. The Balaban J connectivity index is 1.60. The summed E-state index contributed by atoms with van der Waals surface area (Å²) >= 11 is 13.5. The van der Waals surface area contributed by atoms with Crippen molar-refractivity contribution in [1.29, 1.82) is 0 Å². The molecule has 7 heteroatoms. The normalized spacial score (nSPS) is 23.0. The number of nitrogens with zero attached hydrogens (tertiary/aromatic N) is 3. The largest absolute Gasteiger partial charge is 0.376 e. The molecule has 1 saturated carbocycles. The number of aromatic nitrogens is 2. The Morgan fingerprint density at radius 1 is 1.31 bits per heavy atom. The molecule has 5 nitrogen and oxygen atoms in total. The second-order valence-corrected chi connectivity index (χ2v) is 8.22. The Hall–Kier alpha value is -1.56. The number of halogens is 2. The minimum atomic E-state index is -0.0288. The molecule has 3 aliphatic rings. The van der Waals surface area contributed by atoms with Gasteiger partial charge in [-0.2, -0.15) is 5.10 Å². The van der Waals surface area contributed by atoms with Gasteiger partial charge >= 0.3 is 0 Å². The van der Waals surface area contributed by atoms with Crippen LogP contribution in [0.25, 0.3) is 5.69 Å². The molecule has 2 N–H and O–H groups in total. The van der Waals surface area contributed by atoms with Crippen molar-refractivity contribution < 1.29 is 0 Å². The van der Waals surface area contributed by atoms with Crippen molar-refractivity contribution in [2.75, 3.05) is 13.6 Å². The van der Waals surface area contributed by atoms with E-state index in [1.807, 2.05) is 25.5 Å². The fourth-order valence-electron chi connectivity index (χ4n) is 4.57. The van der Waals surface area contributed by atoms with E-state index in [0.717, 1.165) is 42.9 Å². The van der Waals surface area contributed by atoms with E-state index in [1.165, 1.54) is 18.4 Å². The first-order valence-electron chi connectivity index (χ1n) is 9.22. The molecular formula is C19H21Cl2N5. The van der Waals surface area contributed by atoms with Crippen molar-refractivity contribution in [3.63, 3.8) is 0 Å². The first-order valence-corrected chi connectivity index (χ1v) is 9.97. The molecule has 0 bridgehead atoms. The molecule has 3 heterocycles. The van der Waals surface area contributed by atoms with Gasteiger partial charge in [0.1, 0.15) is 11.5 Å². The van der Waals surface area contributed by atoms with Crippen LogP contribution < -0.4 is 10.6 Å². The van der Waals surface area contributed by atoms with Crippen LogP contribution in [0.15, 0.2) is 23.5 Å². The molecule has 0 unspecified atom stereocenters. The minimum Gasteiger partial charge on any atom is -0.376 e. The van der Waals surface area contributed by atoms with Gasteiger partial charge in [0, 0.05) is 24.8 Å². The maximum atomic E-state index is 6.80. The highest BCUT2D eigenvalue weighted by Gasteiger charge is 2.49. The van der Waals surface area contributed by atoms with E-state index >= 15 is 0 Å².